The Bertz CT molecular complexity index is 493. The van der Waals surface area contributed by atoms with Gasteiger partial charge < -0.3 is 15.1 Å². The topological polar surface area (TPSA) is 52.7 Å². The first-order chi connectivity index (χ1) is 10.1. The molecule has 0 bridgehead atoms. The van der Waals surface area contributed by atoms with Crippen LogP contribution in [-0.2, 0) is 11.2 Å². The quantitative estimate of drug-likeness (QED) is 0.890. The normalized spacial score (nSPS) is 14.9. The summed E-state index contributed by atoms with van der Waals surface area (Å²) in [6, 6.07) is 7.57. The molecule has 2 rings (SSSR count). The zero-order chi connectivity index (χ0) is 15.2. The summed E-state index contributed by atoms with van der Waals surface area (Å²) in [6.45, 7) is 5.28. The van der Waals surface area contributed by atoms with Crippen LogP contribution in [0.1, 0.15) is 22.8 Å². The summed E-state index contributed by atoms with van der Waals surface area (Å²) < 4.78 is 0. The minimum atomic E-state index is -0.110. The van der Waals surface area contributed by atoms with Crippen molar-refractivity contribution < 1.29 is 9.59 Å². The van der Waals surface area contributed by atoms with E-state index in [1.807, 2.05) is 24.3 Å². The third-order valence-electron chi connectivity index (χ3n) is 3.80. The predicted octanol–water partition coefficient (Wildman–Crippen LogP) is 0.753. The van der Waals surface area contributed by atoms with Crippen LogP contribution in [-0.4, -0.2) is 61.4 Å². The van der Waals surface area contributed by atoms with Gasteiger partial charge in [-0.1, -0.05) is 19.1 Å². The minimum absolute atomic E-state index is 0.0116. The number of hydrogen-bond acceptors (Lipinski definition) is 3. The van der Waals surface area contributed by atoms with E-state index in [2.05, 4.69) is 12.2 Å². The van der Waals surface area contributed by atoms with Crippen molar-refractivity contribution in [2.75, 3.05) is 39.8 Å². The Hall–Kier alpha value is -1.88. The van der Waals surface area contributed by atoms with E-state index < -0.39 is 0 Å². The van der Waals surface area contributed by atoms with Gasteiger partial charge in [-0.05, 0) is 24.1 Å². The molecule has 0 saturated carbocycles. The summed E-state index contributed by atoms with van der Waals surface area (Å²) in [7, 11) is 1.68. The lowest BCUT2D eigenvalue weighted by atomic mass is 10.1. The molecule has 114 valence electrons. The number of nitrogens with one attached hydrogen (secondary N) is 1. The van der Waals surface area contributed by atoms with Crippen molar-refractivity contribution in [3.8, 4) is 0 Å². The van der Waals surface area contributed by atoms with Gasteiger partial charge in [0.1, 0.15) is 0 Å². The number of piperazine rings is 1. The molecule has 0 radical (unpaired) electrons. The van der Waals surface area contributed by atoms with E-state index in [0.29, 0.717) is 18.7 Å². The fourth-order valence-corrected chi connectivity index (χ4v) is 2.39. The molecular formula is C16H23N3O2. The number of amides is 2. The van der Waals surface area contributed by atoms with Gasteiger partial charge in [-0.3, -0.25) is 9.59 Å². The number of rotatable bonds is 4. The maximum Gasteiger partial charge on any atom is 0.254 e. The Morgan fingerprint density at radius 3 is 2.38 bits per heavy atom. The average molecular weight is 289 g/mol. The number of hydrogen-bond donors (Lipinski definition) is 1. The number of aryl methyl sites for hydroxylation is 1. The first-order valence-electron chi connectivity index (χ1n) is 7.44. The summed E-state index contributed by atoms with van der Waals surface area (Å²) in [5.74, 6) is -0.0985. The maximum absolute atomic E-state index is 12.3. The van der Waals surface area contributed by atoms with E-state index in [1.165, 1.54) is 10.5 Å². The lowest BCUT2D eigenvalue weighted by Gasteiger charge is -2.29. The van der Waals surface area contributed by atoms with Crippen LogP contribution in [0.2, 0.25) is 0 Å². The van der Waals surface area contributed by atoms with Gasteiger partial charge in [0.05, 0.1) is 6.54 Å². The van der Waals surface area contributed by atoms with Crippen LogP contribution in [0.4, 0.5) is 0 Å². The number of likely N-dealkylation sites (N-methyl/N-ethyl adjacent to an activating group) is 1. The van der Waals surface area contributed by atoms with Gasteiger partial charge in [-0.25, -0.2) is 0 Å². The molecule has 1 fully saturated rings. The molecule has 1 aliphatic rings. The van der Waals surface area contributed by atoms with Crippen LogP contribution in [0, 0.1) is 0 Å². The van der Waals surface area contributed by atoms with Crippen molar-refractivity contribution in [3.63, 3.8) is 0 Å². The van der Waals surface area contributed by atoms with Crippen molar-refractivity contribution in [2.45, 2.75) is 13.3 Å². The van der Waals surface area contributed by atoms with Gasteiger partial charge in [0.15, 0.2) is 0 Å². The molecule has 21 heavy (non-hydrogen) atoms. The largest absolute Gasteiger partial charge is 0.339 e. The Morgan fingerprint density at radius 1 is 1.19 bits per heavy atom. The van der Waals surface area contributed by atoms with Crippen molar-refractivity contribution in [2.24, 2.45) is 0 Å². The molecule has 1 saturated heterocycles. The summed E-state index contributed by atoms with van der Waals surface area (Å²) in [4.78, 5) is 27.8. The van der Waals surface area contributed by atoms with Crippen molar-refractivity contribution >= 4 is 11.8 Å². The van der Waals surface area contributed by atoms with E-state index >= 15 is 0 Å². The molecule has 0 spiro atoms. The molecule has 1 heterocycles. The smallest absolute Gasteiger partial charge is 0.254 e. The monoisotopic (exact) mass is 289 g/mol. The highest BCUT2D eigenvalue weighted by molar-refractivity contribution is 5.96. The number of benzene rings is 1. The third kappa shape index (κ3) is 4.04. The molecule has 0 aromatic heterocycles. The summed E-state index contributed by atoms with van der Waals surface area (Å²) in [5.41, 5.74) is 1.83. The molecule has 5 heteroatoms. The van der Waals surface area contributed by atoms with Gasteiger partial charge in [-0.2, -0.15) is 0 Å². The van der Waals surface area contributed by atoms with Crippen molar-refractivity contribution in [1.82, 2.24) is 15.1 Å². The SMILES string of the molecule is CCc1ccc(C(=O)N(C)CC(=O)N2CCNCC2)cc1. The molecule has 2 amide bonds. The van der Waals surface area contributed by atoms with E-state index in [1.54, 1.807) is 11.9 Å². The van der Waals surface area contributed by atoms with Crippen LogP contribution in [0.3, 0.4) is 0 Å². The lowest BCUT2D eigenvalue weighted by molar-refractivity contribution is -0.132. The first kappa shape index (κ1) is 15.5. The van der Waals surface area contributed by atoms with Gasteiger partial charge in [-0.15, -0.1) is 0 Å². The van der Waals surface area contributed by atoms with Crippen molar-refractivity contribution in [3.05, 3.63) is 35.4 Å². The molecule has 0 unspecified atom stereocenters. The molecule has 1 aromatic carbocycles. The maximum atomic E-state index is 12.3. The second-order valence-corrected chi connectivity index (χ2v) is 5.34. The Labute approximate surface area is 125 Å². The zero-order valence-electron chi connectivity index (χ0n) is 12.8. The van der Waals surface area contributed by atoms with E-state index in [4.69, 9.17) is 0 Å². The highest BCUT2D eigenvalue weighted by Gasteiger charge is 2.20. The van der Waals surface area contributed by atoms with Crippen LogP contribution in [0.5, 0.6) is 0 Å². The van der Waals surface area contributed by atoms with E-state index in [9.17, 15) is 9.59 Å². The highest BCUT2D eigenvalue weighted by Crippen LogP contribution is 2.08. The van der Waals surface area contributed by atoms with Gasteiger partial charge in [0.2, 0.25) is 5.91 Å². The Kier molecular flexibility index (Phi) is 5.33. The van der Waals surface area contributed by atoms with Gasteiger partial charge in [0, 0.05) is 38.8 Å². The van der Waals surface area contributed by atoms with Crippen LogP contribution in [0.15, 0.2) is 24.3 Å². The predicted molar refractivity (Wildman–Crippen MR) is 82.2 cm³/mol. The summed E-state index contributed by atoms with van der Waals surface area (Å²) >= 11 is 0. The molecule has 5 nitrogen and oxygen atoms in total. The first-order valence-corrected chi connectivity index (χ1v) is 7.44. The van der Waals surface area contributed by atoms with E-state index in [0.717, 1.165) is 19.5 Å². The number of carbonyl (C=O) groups excluding carboxylic acids is 2. The summed E-state index contributed by atoms with van der Waals surface area (Å²) in [5, 5.41) is 3.21. The molecule has 0 atom stereocenters. The van der Waals surface area contributed by atoms with Crippen LogP contribution < -0.4 is 5.32 Å². The second-order valence-electron chi connectivity index (χ2n) is 5.34. The third-order valence-corrected chi connectivity index (χ3v) is 3.80. The molecular weight excluding hydrogens is 266 g/mol. The number of nitrogens with zero attached hydrogens (tertiary/aromatic N) is 2. The molecule has 1 aromatic rings. The minimum Gasteiger partial charge on any atom is -0.339 e. The van der Waals surface area contributed by atoms with Crippen LogP contribution in [0.25, 0.3) is 0 Å². The second kappa shape index (κ2) is 7.22. The van der Waals surface area contributed by atoms with Crippen molar-refractivity contribution in [1.29, 1.82) is 0 Å². The Morgan fingerprint density at radius 2 is 1.81 bits per heavy atom. The molecule has 1 aliphatic heterocycles. The lowest BCUT2D eigenvalue weighted by Crippen LogP contribution is -2.49. The molecule has 1 N–H and O–H groups in total. The fraction of sp³-hybridized carbons (Fsp3) is 0.500. The van der Waals surface area contributed by atoms with Gasteiger partial charge >= 0.3 is 0 Å². The molecule has 0 aliphatic carbocycles. The average Bonchev–Trinajstić information content (AvgIpc) is 2.55. The summed E-state index contributed by atoms with van der Waals surface area (Å²) in [6.07, 6.45) is 0.950. The van der Waals surface area contributed by atoms with Crippen LogP contribution >= 0.6 is 0 Å². The zero-order valence-corrected chi connectivity index (χ0v) is 12.8. The Balaban J connectivity index is 1.93. The fourth-order valence-electron chi connectivity index (χ4n) is 2.39. The number of carbonyl (C=O) groups is 2. The van der Waals surface area contributed by atoms with Gasteiger partial charge in [0.25, 0.3) is 5.91 Å². The highest BCUT2D eigenvalue weighted by atomic mass is 16.2. The standard InChI is InChI=1S/C16H23N3O2/c1-3-13-4-6-14(7-5-13)16(21)18(2)12-15(20)19-10-8-17-9-11-19/h4-7,17H,3,8-12H2,1-2H3. The van der Waals surface area contributed by atoms with E-state index in [-0.39, 0.29) is 18.4 Å².